The third-order valence-corrected chi connectivity index (χ3v) is 13.4. The molecule has 4 aromatic heterocycles. The summed E-state index contributed by atoms with van der Waals surface area (Å²) < 4.78 is 28.5. The molecular formula is C60H78N12O7. The summed E-state index contributed by atoms with van der Waals surface area (Å²) in [6.45, 7) is 22.8. The summed E-state index contributed by atoms with van der Waals surface area (Å²) in [6, 6.07) is 30.4. The normalized spacial score (nSPS) is 16.6. The molecule has 0 saturated carbocycles. The molecule has 0 spiro atoms. The van der Waals surface area contributed by atoms with Crippen LogP contribution in [0.2, 0.25) is 0 Å². The molecule has 79 heavy (non-hydrogen) atoms. The van der Waals surface area contributed by atoms with Gasteiger partial charge in [-0.3, -0.25) is 14.7 Å². The van der Waals surface area contributed by atoms with Gasteiger partial charge in [0.25, 0.3) is 0 Å². The number of carbonyl (C=O) groups is 2. The highest BCUT2D eigenvalue weighted by Gasteiger charge is 2.28. The van der Waals surface area contributed by atoms with Crippen LogP contribution < -0.4 is 26.0 Å². The lowest BCUT2D eigenvalue weighted by molar-refractivity contribution is -0.126. The monoisotopic (exact) mass is 1080 g/mol. The highest BCUT2D eigenvalue weighted by atomic mass is 16.5. The molecule has 10 rings (SSSR count). The Hall–Kier alpha value is -7.58. The van der Waals surface area contributed by atoms with Crippen LogP contribution in [-0.2, 0) is 28.5 Å². The fraction of sp³-hybridized carbons (Fsp3) is 0.433. The number of hydrogen-bond acceptors (Lipinski definition) is 16. The van der Waals surface area contributed by atoms with Crippen LogP contribution in [-0.4, -0.2) is 142 Å². The zero-order valence-electron chi connectivity index (χ0n) is 46.8. The Balaban J connectivity index is 0.000000171. The maximum atomic E-state index is 11.9. The zero-order chi connectivity index (χ0) is 56.2. The maximum absolute atomic E-state index is 11.9. The number of piperidine rings is 1. The number of anilines is 3. The van der Waals surface area contributed by atoms with Crippen molar-refractivity contribution in [2.75, 3.05) is 88.0 Å². The summed E-state index contributed by atoms with van der Waals surface area (Å²) in [6.07, 6.45) is 9.64. The number of carbonyl (C=O) groups excluding carboxylic acids is 2. The van der Waals surface area contributed by atoms with Crippen LogP contribution in [0.1, 0.15) is 72.8 Å². The summed E-state index contributed by atoms with van der Waals surface area (Å²) in [5, 5.41) is 8.83. The van der Waals surface area contributed by atoms with Gasteiger partial charge in [0, 0.05) is 50.0 Å². The number of rotatable bonds is 15. The number of aromatic nitrogens is 7. The molecule has 2 atom stereocenters. The summed E-state index contributed by atoms with van der Waals surface area (Å²) >= 11 is 0. The SMILES string of the molecule is CC(C)CCOC(C)(C)COC/C=C/C(=O)N1CCCCC1.Cc1cccc(-c2ccc3c(N4CCOCC4C)nc(N4CCOCC4C)nc3n2)c1.NC=O.Nc1ncnc2n[nH]c(-c3ccc(Oc4ccccc4)cc3)c12. The fourth-order valence-electron chi connectivity index (χ4n) is 9.12. The number of nitrogens with two attached hydrogens (primary N) is 2. The van der Waals surface area contributed by atoms with Crippen LogP contribution in [0.25, 0.3) is 44.6 Å². The molecule has 0 aliphatic carbocycles. The molecule has 19 nitrogen and oxygen atoms in total. The van der Waals surface area contributed by atoms with E-state index in [9.17, 15) is 4.79 Å². The lowest BCUT2D eigenvalue weighted by Gasteiger charge is -2.37. The first kappa shape index (κ1) is 59.1. The van der Waals surface area contributed by atoms with Gasteiger partial charge < -0.3 is 49.9 Å². The minimum absolute atomic E-state index is 0.107. The second kappa shape index (κ2) is 29.4. The van der Waals surface area contributed by atoms with Crippen molar-refractivity contribution in [2.45, 2.75) is 91.8 Å². The van der Waals surface area contributed by atoms with Gasteiger partial charge in [-0.25, -0.2) is 15.0 Å². The number of nitrogens with zero attached hydrogens (tertiary/aromatic N) is 9. The molecule has 3 aromatic carbocycles. The minimum Gasteiger partial charge on any atom is -0.457 e. The fourth-order valence-corrected chi connectivity index (χ4v) is 9.12. The second-order valence-electron chi connectivity index (χ2n) is 20.7. The Bertz CT molecular complexity index is 3040. The van der Waals surface area contributed by atoms with Gasteiger partial charge in [0.15, 0.2) is 11.3 Å². The molecule has 5 N–H and O–H groups in total. The molecule has 7 aromatic rings. The maximum Gasteiger partial charge on any atom is 0.246 e. The van der Waals surface area contributed by atoms with Crippen molar-refractivity contribution in [3.8, 4) is 34.0 Å². The number of fused-ring (bicyclic) bond motifs is 2. The summed E-state index contributed by atoms with van der Waals surface area (Å²) in [7, 11) is 0. The number of aromatic amines is 1. The average Bonchev–Trinajstić information content (AvgIpc) is 3.93. The van der Waals surface area contributed by atoms with Gasteiger partial charge in [-0.05, 0) is 121 Å². The van der Waals surface area contributed by atoms with E-state index in [0.29, 0.717) is 57.0 Å². The van der Waals surface area contributed by atoms with Crippen molar-refractivity contribution >= 4 is 52.0 Å². The number of nitrogens with one attached hydrogen (secondary N) is 1. The number of hydrogen-bond donors (Lipinski definition) is 3. The molecule has 3 saturated heterocycles. The van der Waals surface area contributed by atoms with E-state index in [1.165, 1.54) is 18.3 Å². The van der Waals surface area contributed by atoms with E-state index in [1.54, 1.807) is 12.2 Å². The number of amides is 2. The number of H-pyrrole nitrogens is 1. The Morgan fingerprint density at radius 3 is 2.20 bits per heavy atom. The van der Waals surface area contributed by atoms with Crippen molar-refractivity contribution in [3.63, 3.8) is 0 Å². The lowest BCUT2D eigenvalue weighted by Crippen LogP contribution is -2.46. The van der Waals surface area contributed by atoms with Gasteiger partial charge in [0.1, 0.15) is 29.5 Å². The predicted molar refractivity (Wildman–Crippen MR) is 311 cm³/mol. The molecular weight excluding hydrogens is 1000 g/mol. The molecule has 19 heteroatoms. The summed E-state index contributed by atoms with van der Waals surface area (Å²) in [5.74, 6) is 4.39. The first-order valence-corrected chi connectivity index (χ1v) is 27.3. The van der Waals surface area contributed by atoms with Gasteiger partial charge in [0.05, 0.1) is 79.5 Å². The average molecular weight is 1080 g/mol. The molecule has 3 aliphatic rings. The number of pyridine rings is 1. The summed E-state index contributed by atoms with van der Waals surface area (Å²) in [5.41, 5.74) is 16.1. The van der Waals surface area contributed by atoms with Crippen LogP contribution in [0, 0.1) is 12.8 Å². The standard InChI is InChI=1S/C24H29N5O2.C18H33NO3.C17H13N5O.CH3NO/c1-16-5-4-6-19(13-16)21-8-7-20-22(25-21)26-24(29-10-12-31-15-18(29)3)27-23(20)28-9-11-30-14-17(28)2;1-16(2)10-14-22-18(3,4)15-21-13-8-9-17(20)19-11-6-5-7-12-19;18-16-14-15(21-22-17(14)20-10-19-16)11-6-8-13(9-7-11)23-12-4-2-1-3-5-12;2-1-3/h4-8,13,17-18H,9-12,14-15H2,1-3H3;8-9,16H,5-7,10-15H2,1-4H3;1-10H,(H3,18,19,20,21,22);1H,(H2,2,3)/b;9-8+;;. The van der Waals surface area contributed by atoms with Gasteiger partial charge >= 0.3 is 0 Å². The lowest BCUT2D eigenvalue weighted by atomic mass is 10.1. The Morgan fingerprint density at radius 1 is 0.823 bits per heavy atom. The van der Waals surface area contributed by atoms with E-state index >= 15 is 0 Å². The molecule has 420 valence electrons. The Labute approximate surface area is 464 Å². The number of nitrogen functional groups attached to an aromatic ring is 1. The van der Waals surface area contributed by atoms with Gasteiger partial charge in [0.2, 0.25) is 18.3 Å². The van der Waals surface area contributed by atoms with E-state index in [-0.39, 0.29) is 30.0 Å². The largest absolute Gasteiger partial charge is 0.457 e. The van der Waals surface area contributed by atoms with Crippen molar-refractivity contribution in [1.29, 1.82) is 0 Å². The topological polar surface area (TPSA) is 235 Å². The number of morpholine rings is 2. The predicted octanol–water partition coefficient (Wildman–Crippen LogP) is 9.36. The molecule has 2 amide bonds. The highest BCUT2D eigenvalue weighted by Crippen LogP contribution is 2.33. The van der Waals surface area contributed by atoms with Crippen LogP contribution in [0.5, 0.6) is 11.5 Å². The molecule has 0 bridgehead atoms. The van der Waals surface area contributed by atoms with Crippen LogP contribution >= 0.6 is 0 Å². The van der Waals surface area contributed by atoms with Crippen LogP contribution in [0.15, 0.2) is 109 Å². The van der Waals surface area contributed by atoms with Gasteiger partial charge in [-0.1, -0.05) is 61.9 Å². The van der Waals surface area contributed by atoms with E-state index in [4.69, 9.17) is 49.2 Å². The Kier molecular flexibility index (Phi) is 22.0. The third kappa shape index (κ3) is 17.2. The molecule has 0 radical (unpaired) electrons. The number of benzene rings is 3. The number of para-hydroxylation sites is 1. The van der Waals surface area contributed by atoms with Gasteiger partial charge in [-0.2, -0.15) is 15.1 Å². The quantitative estimate of drug-likeness (QED) is 0.0493. The van der Waals surface area contributed by atoms with Crippen molar-refractivity contribution in [2.24, 2.45) is 11.7 Å². The number of aryl methyl sites for hydroxylation is 1. The molecule has 3 fully saturated rings. The Morgan fingerprint density at radius 2 is 1.52 bits per heavy atom. The van der Waals surface area contributed by atoms with Crippen molar-refractivity contribution < 1.29 is 33.3 Å². The van der Waals surface area contributed by atoms with E-state index < -0.39 is 0 Å². The van der Waals surface area contributed by atoms with E-state index in [1.807, 2.05) is 73.3 Å². The number of primary amides is 1. The molecule has 7 heterocycles. The molecule has 2 unspecified atom stereocenters. The van der Waals surface area contributed by atoms with Crippen LogP contribution in [0.3, 0.4) is 0 Å². The number of likely N-dealkylation sites (tertiary alicyclic amines) is 1. The zero-order valence-corrected chi connectivity index (χ0v) is 46.8. The third-order valence-electron chi connectivity index (χ3n) is 13.4. The second-order valence-corrected chi connectivity index (χ2v) is 20.7. The van der Waals surface area contributed by atoms with E-state index in [0.717, 1.165) is 114 Å². The van der Waals surface area contributed by atoms with Crippen molar-refractivity contribution in [3.05, 3.63) is 115 Å². The minimum atomic E-state index is -0.278. The number of ether oxygens (including phenoxy) is 5. The van der Waals surface area contributed by atoms with Gasteiger partial charge in [-0.15, -0.1) is 0 Å². The summed E-state index contributed by atoms with van der Waals surface area (Å²) in [4.78, 5) is 50.1. The highest BCUT2D eigenvalue weighted by molar-refractivity contribution is 5.97. The van der Waals surface area contributed by atoms with E-state index in [2.05, 4.69) is 107 Å². The molecule has 3 aliphatic heterocycles. The smallest absolute Gasteiger partial charge is 0.246 e. The first-order chi connectivity index (χ1) is 38.2. The first-order valence-electron chi connectivity index (χ1n) is 27.3. The van der Waals surface area contributed by atoms with Crippen molar-refractivity contribution in [1.82, 2.24) is 40.0 Å². The van der Waals surface area contributed by atoms with Crippen LogP contribution in [0.4, 0.5) is 17.6 Å².